The molecule has 8 nitrogen and oxygen atoms in total. The number of carboxylic acids is 2. The van der Waals surface area contributed by atoms with Crippen molar-refractivity contribution in [3.8, 4) is 22.8 Å². The first-order valence-corrected chi connectivity index (χ1v) is 5.67. The van der Waals surface area contributed by atoms with Crippen LogP contribution in [-0.2, 0) is 0 Å². The summed E-state index contributed by atoms with van der Waals surface area (Å²) in [4.78, 5) is 21.9. The Labute approximate surface area is 118 Å². The number of benzene rings is 1. The predicted octanol–water partition coefficient (Wildman–Crippen LogP) is 1.76. The van der Waals surface area contributed by atoms with Gasteiger partial charge in [0.05, 0.1) is 25.3 Å². The molecule has 0 saturated carbocycles. The van der Waals surface area contributed by atoms with Gasteiger partial charge in [-0.1, -0.05) is 5.16 Å². The van der Waals surface area contributed by atoms with Gasteiger partial charge < -0.3 is 24.2 Å². The lowest BCUT2D eigenvalue weighted by Crippen LogP contribution is -2.01. The summed E-state index contributed by atoms with van der Waals surface area (Å²) < 4.78 is 14.9. The van der Waals surface area contributed by atoms with Crippen LogP contribution in [0.2, 0.25) is 0 Å². The van der Waals surface area contributed by atoms with E-state index in [1.165, 1.54) is 32.4 Å². The van der Waals surface area contributed by atoms with E-state index in [1.807, 2.05) is 0 Å². The number of methoxy groups -OCH3 is 2. The van der Waals surface area contributed by atoms with Crippen LogP contribution in [0, 0.1) is 0 Å². The number of aromatic nitrogens is 1. The first-order chi connectivity index (χ1) is 9.97. The monoisotopic (exact) mass is 293 g/mol. The van der Waals surface area contributed by atoms with Crippen molar-refractivity contribution < 1.29 is 33.8 Å². The van der Waals surface area contributed by atoms with E-state index < -0.39 is 11.9 Å². The van der Waals surface area contributed by atoms with Crippen molar-refractivity contribution in [2.75, 3.05) is 14.2 Å². The van der Waals surface area contributed by atoms with Crippen LogP contribution in [0.3, 0.4) is 0 Å². The quantitative estimate of drug-likeness (QED) is 0.855. The van der Waals surface area contributed by atoms with Gasteiger partial charge in [0.25, 0.3) is 0 Å². The van der Waals surface area contributed by atoms with Crippen LogP contribution in [0.15, 0.2) is 22.7 Å². The summed E-state index contributed by atoms with van der Waals surface area (Å²) in [7, 11) is 2.73. The standard InChI is InChI=1S/C13H11NO7/c1-19-9-4-6(12(15)16)3-7(11(9)20-2)8-5-10(13(17)18)21-14-8/h3-5H,1-2H3,(H,15,16)(H,17,18). The summed E-state index contributed by atoms with van der Waals surface area (Å²) in [5, 5.41) is 21.5. The lowest BCUT2D eigenvalue weighted by Gasteiger charge is -2.12. The number of carboxylic acid groups (broad SMARTS) is 2. The fraction of sp³-hybridized carbons (Fsp3) is 0.154. The maximum Gasteiger partial charge on any atom is 0.374 e. The highest BCUT2D eigenvalue weighted by atomic mass is 16.5. The van der Waals surface area contributed by atoms with E-state index >= 15 is 0 Å². The van der Waals surface area contributed by atoms with Crippen LogP contribution < -0.4 is 9.47 Å². The number of nitrogens with zero attached hydrogens (tertiary/aromatic N) is 1. The second kappa shape index (κ2) is 5.53. The van der Waals surface area contributed by atoms with E-state index in [9.17, 15) is 9.59 Å². The van der Waals surface area contributed by atoms with Crippen molar-refractivity contribution >= 4 is 11.9 Å². The Balaban J connectivity index is 2.66. The Bertz CT molecular complexity index is 705. The normalized spacial score (nSPS) is 10.2. The number of carbonyl (C=O) groups is 2. The molecule has 0 spiro atoms. The highest BCUT2D eigenvalue weighted by molar-refractivity contribution is 5.92. The number of ether oxygens (including phenoxy) is 2. The van der Waals surface area contributed by atoms with E-state index in [2.05, 4.69) is 9.68 Å². The molecular weight excluding hydrogens is 282 g/mol. The molecule has 2 rings (SSSR count). The second-order valence-electron chi connectivity index (χ2n) is 3.95. The van der Waals surface area contributed by atoms with Gasteiger partial charge in [-0.3, -0.25) is 0 Å². The third kappa shape index (κ3) is 2.64. The molecule has 8 heteroatoms. The lowest BCUT2D eigenvalue weighted by atomic mass is 10.1. The molecule has 0 aliphatic rings. The highest BCUT2D eigenvalue weighted by Gasteiger charge is 2.21. The molecule has 2 aromatic rings. The molecule has 110 valence electrons. The zero-order valence-electron chi connectivity index (χ0n) is 11.1. The first-order valence-electron chi connectivity index (χ1n) is 5.67. The van der Waals surface area contributed by atoms with Crippen molar-refractivity contribution in [3.05, 3.63) is 29.5 Å². The fourth-order valence-corrected chi connectivity index (χ4v) is 1.78. The first kappa shape index (κ1) is 14.4. The summed E-state index contributed by atoms with van der Waals surface area (Å²) in [5.41, 5.74) is 0.332. The molecule has 2 N–H and O–H groups in total. The van der Waals surface area contributed by atoms with Crippen molar-refractivity contribution in [2.24, 2.45) is 0 Å². The van der Waals surface area contributed by atoms with E-state index in [0.717, 1.165) is 0 Å². The van der Waals surface area contributed by atoms with Gasteiger partial charge in [0.1, 0.15) is 5.69 Å². The van der Waals surface area contributed by atoms with Crippen LogP contribution in [0.5, 0.6) is 11.5 Å². The molecule has 0 bridgehead atoms. The minimum absolute atomic E-state index is 0.0532. The van der Waals surface area contributed by atoms with Gasteiger partial charge in [0, 0.05) is 6.07 Å². The maximum absolute atomic E-state index is 11.1. The summed E-state index contributed by atoms with van der Waals surface area (Å²) in [6, 6.07) is 3.77. The molecule has 0 atom stereocenters. The van der Waals surface area contributed by atoms with E-state index in [4.69, 9.17) is 19.7 Å². The van der Waals surface area contributed by atoms with Gasteiger partial charge in [0.2, 0.25) is 5.76 Å². The molecule has 1 aromatic heterocycles. The number of aromatic carboxylic acids is 2. The molecule has 0 amide bonds. The van der Waals surface area contributed by atoms with Gasteiger partial charge in [-0.25, -0.2) is 9.59 Å². The molecule has 0 fully saturated rings. The smallest absolute Gasteiger partial charge is 0.374 e. The second-order valence-corrected chi connectivity index (χ2v) is 3.95. The summed E-state index contributed by atoms with van der Waals surface area (Å²) in [6.07, 6.45) is 0. The Kier molecular flexibility index (Phi) is 3.79. The number of hydrogen-bond donors (Lipinski definition) is 2. The average molecular weight is 293 g/mol. The van der Waals surface area contributed by atoms with Crippen molar-refractivity contribution in [2.45, 2.75) is 0 Å². The van der Waals surface area contributed by atoms with E-state index in [1.54, 1.807) is 0 Å². The van der Waals surface area contributed by atoms with Crippen LogP contribution in [0.25, 0.3) is 11.3 Å². The molecule has 1 heterocycles. The van der Waals surface area contributed by atoms with Gasteiger partial charge >= 0.3 is 11.9 Å². The third-order valence-corrected chi connectivity index (χ3v) is 2.72. The lowest BCUT2D eigenvalue weighted by molar-refractivity contribution is 0.0650. The number of rotatable bonds is 5. The minimum Gasteiger partial charge on any atom is -0.493 e. The van der Waals surface area contributed by atoms with Gasteiger partial charge in [-0.05, 0) is 12.1 Å². The fourth-order valence-electron chi connectivity index (χ4n) is 1.78. The molecule has 21 heavy (non-hydrogen) atoms. The van der Waals surface area contributed by atoms with Crippen LogP contribution in [0.1, 0.15) is 20.9 Å². The maximum atomic E-state index is 11.1. The predicted molar refractivity (Wildman–Crippen MR) is 69.0 cm³/mol. The zero-order chi connectivity index (χ0) is 15.6. The van der Waals surface area contributed by atoms with Gasteiger partial charge in [0.15, 0.2) is 11.5 Å². The Hall–Kier alpha value is -3.03. The van der Waals surface area contributed by atoms with Crippen molar-refractivity contribution in [1.29, 1.82) is 0 Å². The molecule has 0 aliphatic carbocycles. The van der Waals surface area contributed by atoms with Crippen LogP contribution in [0.4, 0.5) is 0 Å². The van der Waals surface area contributed by atoms with Crippen LogP contribution in [-0.4, -0.2) is 41.5 Å². The molecule has 0 aliphatic heterocycles. The van der Waals surface area contributed by atoms with Gasteiger partial charge in [-0.2, -0.15) is 0 Å². The topological polar surface area (TPSA) is 119 Å². The van der Waals surface area contributed by atoms with E-state index in [0.29, 0.717) is 0 Å². The SMILES string of the molecule is COc1cc(C(=O)O)cc(-c2cc(C(=O)O)on2)c1OC. The molecule has 0 saturated heterocycles. The van der Waals surface area contributed by atoms with Crippen molar-refractivity contribution in [3.63, 3.8) is 0 Å². The summed E-state index contributed by atoms with van der Waals surface area (Å²) >= 11 is 0. The van der Waals surface area contributed by atoms with Crippen LogP contribution >= 0.6 is 0 Å². The Morgan fingerprint density at radius 2 is 1.81 bits per heavy atom. The van der Waals surface area contributed by atoms with Gasteiger partial charge in [-0.15, -0.1) is 0 Å². The molecule has 1 aromatic carbocycles. The molecule has 0 unspecified atom stereocenters. The summed E-state index contributed by atoms with van der Waals surface area (Å²) in [5.74, 6) is -2.40. The zero-order valence-corrected chi connectivity index (χ0v) is 11.1. The summed E-state index contributed by atoms with van der Waals surface area (Å²) in [6.45, 7) is 0. The average Bonchev–Trinajstić information content (AvgIpc) is 2.95. The minimum atomic E-state index is -1.28. The van der Waals surface area contributed by atoms with Crippen molar-refractivity contribution in [1.82, 2.24) is 5.16 Å². The third-order valence-electron chi connectivity index (χ3n) is 2.72. The Morgan fingerprint density at radius 3 is 2.29 bits per heavy atom. The molecular formula is C13H11NO7. The highest BCUT2D eigenvalue weighted by Crippen LogP contribution is 2.39. The molecule has 0 radical (unpaired) electrons. The number of hydrogen-bond acceptors (Lipinski definition) is 6. The Morgan fingerprint density at radius 1 is 1.10 bits per heavy atom. The largest absolute Gasteiger partial charge is 0.493 e. The van der Waals surface area contributed by atoms with E-state index in [-0.39, 0.29) is 34.1 Å².